The van der Waals surface area contributed by atoms with Gasteiger partial charge in [-0.3, -0.25) is 13.9 Å². The van der Waals surface area contributed by atoms with Gasteiger partial charge >= 0.3 is 19.5 Å². The van der Waals surface area contributed by atoms with E-state index in [4.69, 9.17) is 25.4 Å². The van der Waals surface area contributed by atoms with E-state index in [-0.39, 0.29) is 30.6 Å². The smallest absolute Gasteiger partial charge is 0.469 e. The van der Waals surface area contributed by atoms with Crippen molar-refractivity contribution in [3.63, 3.8) is 0 Å². The Hall–Kier alpha value is -2.26. The zero-order valence-corrected chi connectivity index (χ0v) is 14.8. The Morgan fingerprint density at radius 3 is 2.85 bits per heavy atom. The maximum absolute atomic E-state index is 12.1. The van der Waals surface area contributed by atoms with Gasteiger partial charge in [0, 0.05) is 19.0 Å². The van der Waals surface area contributed by atoms with E-state index in [1.807, 2.05) is 0 Å². The highest BCUT2D eigenvalue weighted by Gasteiger charge is 2.37. The van der Waals surface area contributed by atoms with Crippen molar-refractivity contribution in [3.8, 4) is 11.8 Å². The molecule has 0 aromatic carbocycles. The Morgan fingerprint density at radius 2 is 2.22 bits per heavy atom. The van der Waals surface area contributed by atoms with Gasteiger partial charge in [0.15, 0.2) is 0 Å². The zero-order chi connectivity index (χ0) is 20.2. The van der Waals surface area contributed by atoms with E-state index in [0.717, 1.165) is 4.57 Å². The highest BCUT2D eigenvalue weighted by atomic mass is 31.2. The minimum Gasteiger partial charge on any atom is -0.481 e. The molecule has 0 bridgehead atoms. The third-order valence-corrected chi connectivity index (χ3v) is 4.07. The van der Waals surface area contributed by atoms with Gasteiger partial charge in [-0.2, -0.15) is 4.98 Å². The lowest BCUT2D eigenvalue weighted by Gasteiger charge is -2.16. The number of nitrogens with two attached hydrogens (primary N) is 1. The molecule has 13 heteroatoms. The van der Waals surface area contributed by atoms with Crippen molar-refractivity contribution in [3.05, 3.63) is 22.2 Å². The molecule has 27 heavy (non-hydrogen) atoms. The van der Waals surface area contributed by atoms with Crippen LogP contribution in [0.5, 0.6) is 0 Å². The number of nitrogen functional groups attached to an aromatic ring is 1. The molecule has 1 aliphatic rings. The number of anilines is 1. The molecular formula is C14H18N3O9P. The standard InChI is InChI=1S/C14H18N3O9P/c15-13-8(3-1-2-4-12(19)20)6-17(14(21)16-13)11-5-9(18)10(26-11)7-25-27(22,23)24/h6,9-11,18H,2,4-5,7H2,(H,19,20)(H2,15,16,21)(H2,22,23,24)/t9-,10+,11+/m0/s1. The predicted molar refractivity (Wildman–Crippen MR) is 89.2 cm³/mol. The van der Waals surface area contributed by atoms with Gasteiger partial charge < -0.3 is 30.5 Å². The molecule has 1 aromatic heterocycles. The van der Waals surface area contributed by atoms with Gasteiger partial charge in [-0.1, -0.05) is 11.8 Å². The van der Waals surface area contributed by atoms with E-state index >= 15 is 0 Å². The minimum atomic E-state index is -4.73. The number of rotatable bonds is 6. The first-order chi connectivity index (χ1) is 12.6. The fourth-order valence-corrected chi connectivity index (χ4v) is 2.66. The van der Waals surface area contributed by atoms with Crippen molar-refractivity contribution < 1.29 is 38.6 Å². The number of aliphatic hydroxyl groups excluding tert-OH is 1. The van der Waals surface area contributed by atoms with Crippen LogP contribution in [0.3, 0.4) is 0 Å². The Kier molecular flexibility index (Phi) is 6.72. The number of phosphoric acid groups is 1. The first-order valence-electron chi connectivity index (χ1n) is 7.70. The molecule has 3 atom stereocenters. The van der Waals surface area contributed by atoms with Crippen molar-refractivity contribution in [1.29, 1.82) is 0 Å². The Balaban J connectivity index is 2.16. The number of carboxylic acids is 1. The molecule has 1 saturated heterocycles. The van der Waals surface area contributed by atoms with Gasteiger partial charge in [-0.25, -0.2) is 9.36 Å². The molecule has 2 heterocycles. The summed E-state index contributed by atoms with van der Waals surface area (Å²) in [5.41, 5.74) is 5.05. The predicted octanol–water partition coefficient (Wildman–Crippen LogP) is -1.20. The van der Waals surface area contributed by atoms with Crippen LogP contribution in [-0.2, 0) is 18.6 Å². The summed E-state index contributed by atoms with van der Waals surface area (Å²) in [7, 11) is -4.73. The summed E-state index contributed by atoms with van der Waals surface area (Å²) < 4.78 is 21.5. The topological polar surface area (TPSA) is 194 Å². The van der Waals surface area contributed by atoms with Gasteiger partial charge in [0.1, 0.15) is 18.1 Å². The van der Waals surface area contributed by atoms with Crippen molar-refractivity contribution in [2.45, 2.75) is 37.7 Å². The fraction of sp³-hybridized carbons (Fsp3) is 0.500. The molecule has 12 nitrogen and oxygen atoms in total. The average molecular weight is 403 g/mol. The number of hydrogen-bond donors (Lipinski definition) is 5. The van der Waals surface area contributed by atoms with Crippen molar-refractivity contribution in [1.82, 2.24) is 9.55 Å². The number of carbonyl (C=O) groups is 1. The molecule has 148 valence electrons. The monoisotopic (exact) mass is 403 g/mol. The second-order valence-electron chi connectivity index (χ2n) is 5.64. The molecule has 1 aliphatic heterocycles. The quantitative estimate of drug-likeness (QED) is 0.283. The van der Waals surface area contributed by atoms with Crippen molar-refractivity contribution in [2.75, 3.05) is 12.3 Å². The maximum Gasteiger partial charge on any atom is 0.469 e. The van der Waals surface area contributed by atoms with Gasteiger partial charge in [0.25, 0.3) is 0 Å². The maximum atomic E-state index is 12.1. The molecule has 0 saturated carbocycles. The first kappa shape index (κ1) is 21.0. The van der Waals surface area contributed by atoms with E-state index in [0.29, 0.717) is 0 Å². The van der Waals surface area contributed by atoms with Crippen molar-refractivity contribution in [2.24, 2.45) is 0 Å². The first-order valence-corrected chi connectivity index (χ1v) is 9.23. The SMILES string of the molecule is Nc1nc(=O)n([C@H]2C[C@H](O)[C@@H](COP(=O)(O)O)O2)cc1C#CCCC(=O)O. The Morgan fingerprint density at radius 1 is 1.52 bits per heavy atom. The van der Waals surface area contributed by atoms with E-state index in [9.17, 15) is 19.3 Å². The molecule has 6 N–H and O–H groups in total. The van der Waals surface area contributed by atoms with Gasteiger partial charge in [-0.05, 0) is 0 Å². The lowest BCUT2D eigenvalue weighted by Crippen LogP contribution is -2.29. The van der Waals surface area contributed by atoms with Crippen molar-refractivity contribution >= 4 is 19.6 Å². The Labute approximate surface area is 152 Å². The van der Waals surface area contributed by atoms with Crippen LogP contribution < -0.4 is 11.4 Å². The molecule has 0 unspecified atom stereocenters. The summed E-state index contributed by atoms with van der Waals surface area (Å²) >= 11 is 0. The van der Waals surface area contributed by atoms with Crippen LogP contribution in [0.25, 0.3) is 0 Å². The summed E-state index contributed by atoms with van der Waals surface area (Å²) in [6.45, 7) is -0.569. The summed E-state index contributed by atoms with van der Waals surface area (Å²) in [4.78, 5) is 43.6. The summed E-state index contributed by atoms with van der Waals surface area (Å²) in [6.07, 6.45) is -2.01. The molecule has 0 amide bonds. The van der Waals surface area contributed by atoms with E-state index < -0.39 is 44.5 Å². The third-order valence-electron chi connectivity index (χ3n) is 3.59. The number of ether oxygens (including phenoxy) is 1. The van der Waals surface area contributed by atoms with E-state index in [1.54, 1.807) is 0 Å². The van der Waals surface area contributed by atoms with Crippen LogP contribution in [0.2, 0.25) is 0 Å². The summed E-state index contributed by atoms with van der Waals surface area (Å²) in [6, 6.07) is 0. The number of aliphatic carboxylic acids is 1. The number of aliphatic hydroxyl groups is 1. The van der Waals surface area contributed by atoms with Crippen LogP contribution in [0.15, 0.2) is 11.0 Å². The zero-order valence-electron chi connectivity index (χ0n) is 13.9. The number of carboxylic acid groups (broad SMARTS) is 1. The number of aromatic nitrogens is 2. The van der Waals surface area contributed by atoms with E-state index in [1.165, 1.54) is 6.20 Å². The lowest BCUT2D eigenvalue weighted by molar-refractivity contribution is -0.136. The van der Waals surface area contributed by atoms with Crippen LogP contribution in [-0.4, -0.2) is 54.3 Å². The number of hydrogen-bond acceptors (Lipinski definition) is 8. The Bertz CT molecular complexity index is 869. The summed E-state index contributed by atoms with van der Waals surface area (Å²) in [5.74, 6) is 4.08. The fourth-order valence-electron chi connectivity index (χ4n) is 2.32. The van der Waals surface area contributed by atoms with Crippen LogP contribution in [0.1, 0.15) is 31.1 Å². The molecule has 1 aromatic rings. The van der Waals surface area contributed by atoms with Crippen LogP contribution in [0.4, 0.5) is 5.82 Å². The highest BCUT2D eigenvalue weighted by molar-refractivity contribution is 7.46. The minimum absolute atomic E-state index is 0.0490. The second-order valence-corrected chi connectivity index (χ2v) is 6.88. The molecule has 0 aliphatic carbocycles. The van der Waals surface area contributed by atoms with E-state index in [2.05, 4.69) is 21.3 Å². The molecular weight excluding hydrogens is 385 g/mol. The third kappa shape index (κ3) is 6.14. The molecule has 0 radical (unpaired) electrons. The number of nitrogens with zero attached hydrogens (tertiary/aromatic N) is 2. The van der Waals surface area contributed by atoms with Gasteiger partial charge in [0.05, 0.1) is 24.7 Å². The molecule has 0 spiro atoms. The average Bonchev–Trinajstić information content (AvgIpc) is 2.91. The van der Waals surface area contributed by atoms with Crippen LogP contribution >= 0.6 is 7.82 Å². The highest BCUT2D eigenvalue weighted by Crippen LogP contribution is 2.38. The lowest BCUT2D eigenvalue weighted by atomic mass is 10.2. The molecule has 1 fully saturated rings. The van der Waals surface area contributed by atoms with Gasteiger partial charge in [0.2, 0.25) is 0 Å². The number of phosphoric ester groups is 1. The second kappa shape index (κ2) is 8.62. The summed E-state index contributed by atoms with van der Waals surface area (Å²) in [5, 5.41) is 18.5. The normalized spacial score (nSPS) is 22.3. The largest absolute Gasteiger partial charge is 0.481 e. The van der Waals surface area contributed by atoms with Crippen LogP contribution in [0, 0.1) is 11.8 Å². The van der Waals surface area contributed by atoms with Gasteiger partial charge in [-0.15, -0.1) is 0 Å². The molecule has 2 rings (SSSR count).